The number of hydrogen-bond acceptors (Lipinski definition) is 3. The van der Waals surface area contributed by atoms with Gasteiger partial charge in [0.15, 0.2) is 0 Å². The molecule has 1 saturated carbocycles. The van der Waals surface area contributed by atoms with E-state index in [0.29, 0.717) is 32.4 Å². The summed E-state index contributed by atoms with van der Waals surface area (Å²) < 4.78 is 0. The molecule has 2 amide bonds. The minimum Gasteiger partial charge on any atom is -0.481 e. The van der Waals surface area contributed by atoms with Crippen molar-refractivity contribution in [3.8, 4) is 0 Å². The van der Waals surface area contributed by atoms with Gasteiger partial charge in [0.2, 0.25) is 11.8 Å². The molecule has 0 aromatic heterocycles. The topological polar surface area (TPSA) is 86.7 Å². The van der Waals surface area contributed by atoms with Crippen LogP contribution in [0, 0.1) is 17.8 Å². The molecule has 1 unspecified atom stereocenters. The molecule has 1 saturated heterocycles. The van der Waals surface area contributed by atoms with Crippen molar-refractivity contribution in [3.05, 3.63) is 0 Å². The number of amides is 2. The predicted octanol–water partition coefficient (Wildman–Crippen LogP) is 0.470. The van der Waals surface area contributed by atoms with Gasteiger partial charge in [0.05, 0.1) is 5.92 Å². The fourth-order valence-electron chi connectivity index (χ4n) is 3.26. The first kappa shape index (κ1) is 14.8. The molecule has 2 aliphatic rings. The SMILES string of the molecule is CC(C)C1C(=O)NCCN1C(=O)[C@@H]1CC[C@H](C(=O)O)C1. The van der Waals surface area contributed by atoms with Gasteiger partial charge in [0.1, 0.15) is 6.04 Å². The molecule has 0 radical (unpaired) electrons. The lowest BCUT2D eigenvalue weighted by atomic mass is 9.96. The third-order valence-corrected chi connectivity index (χ3v) is 4.30. The number of carboxylic acids is 1. The van der Waals surface area contributed by atoms with Crippen LogP contribution in [-0.2, 0) is 14.4 Å². The van der Waals surface area contributed by atoms with Crippen molar-refractivity contribution in [1.82, 2.24) is 10.2 Å². The second-order valence-electron chi connectivity index (χ2n) is 6.06. The van der Waals surface area contributed by atoms with Gasteiger partial charge in [0.25, 0.3) is 0 Å². The summed E-state index contributed by atoms with van der Waals surface area (Å²) in [7, 11) is 0. The van der Waals surface area contributed by atoms with Gasteiger partial charge in [-0.05, 0) is 25.2 Å². The minimum absolute atomic E-state index is 0.0518. The van der Waals surface area contributed by atoms with E-state index in [1.165, 1.54) is 0 Å². The molecular formula is C14H22N2O4. The number of carboxylic acid groups (broad SMARTS) is 1. The second-order valence-corrected chi connectivity index (χ2v) is 6.06. The molecule has 2 fully saturated rings. The Labute approximate surface area is 118 Å². The molecule has 0 bridgehead atoms. The highest BCUT2D eigenvalue weighted by atomic mass is 16.4. The molecule has 1 aliphatic heterocycles. The van der Waals surface area contributed by atoms with Crippen molar-refractivity contribution in [3.63, 3.8) is 0 Å². The van der Waals surface area contributed by atoms with Crippen molar-refractivity contribution in [2.45, 2.75) is 39.2 Å². The largest absolute Gasteiger partial charge is 0.481 e. The number of aliphatic carboxylic acids is 1. The van der Waals surface area contributed by atoms with Crippen LogP contribution in [-0.4, -0.2) is 46.9 Å². The highest BCUT2D eigenvalue weighted by molar-refractivity contribution is 5.90. The zero-order valence-corrected chi connectivity index (χ0v) is 12.0. The summed E-state index contributed by atoms with van der Waals surface area (Å²) >= 11 is 0. The van der Waals surface area contributed by atoms with Gasteiger partial charge < -0.3 is 15.3 Å². The lowest BCUT2D eigenvalue weighted by molar-refractivity contribution is -0.148. The first-order valence-electron chi connectivity index (χ1n) is 7.22. The van der Waals surface area contributed by atoms with Gasteiger partial charge >= 0.3 is 5.97 Å². The zero-order valence-electron chi connectivity index (χ0n) is 12.0. The number of nitrogens with one attached hydrogen (secondary N) is 1. The number of nitrogens with zero attached hydrogens (tertiary/aromatic N) is 1. The summed E-state index contributed by atoms with van der Waals surface area (Å²) in [6.45, 7) is 4.83. The lowest BCUT2D eigenvalue weighted by Gasteiger charge is -2.38. The molecule has 1 aliphatic carbocycles. The Hall–Kier alpha value is -1.59. The molecule has 3 atom stereocenters. The van der Waals surface area contributed by atoms with Crippen LogP contribution >= 0.6 is 0 Å². The first-order valence-corrected chi connectivity index (χ1v) is 7.22. The highest BCUT2D eigenvalue weighted by Gasteiger charge is 2.41. The third kappa shape index (κ3) is 2.78. The maximum Gasteiger partial charge on any atom is 0.306 e. The molecule has 6 nitrogen and oxygen atoms in total. The summed E-state index contributed by atoms with van der Waals surface area (Å²) in [5.74, 6) is -1.59. The van der Waals surface area contributed by atoms with Crippen molar-refractivity contribution in [2.75, 3.05) is 13.1 Å². The van der Waals surface area contributed by atoms with Crippen molar-refractivity contribution in [2.24, 2.45) is 17.8 Å². The van der Waals surface area contributed by atoms with Gasteiger partial charge in [-0.1, -0.05) is 13.8 Å². The molecular weight excluding hydrogens is 260 g/mol. The molecule has 2 rings (SSSR count). The highest BCUT2D eigenvalue weighted by Crippen LogP contribution is 2.33. The van der Waals surface area contributed by atoms with Crippen LogP contribution in [0.25, 0.3) is 0 Å². The molecule has 2 N–H and O–H groups in total. The number of hydrogen-bond donors (Lipinski definition) is 2. The number of carbonyl (C=O) groups excluding carboxylic acids is 2. The smallest absolute Gasteiger partial charge is 0.306 e. The maximum absolute atomic E-state index is 12.6. The lowest BCUT2D eigenvalue weighted by Crippen LogP contribution is -2.60. The standard InChI is InChI=1S/C14H22N2O4/c1-8(2)11-12(17)15-5-6-16(11)13(18)9-3-4-10(7-9)14(19)20/h8-11H,3-7H2,1-2H3,(H,15,17)(H,19,20)/t9-,10+,11?/m1/s1. The molecule has 1 heterocycles. The van der Waals surface area contributed by atoms with Crippen LogP contribution in [0.15, 0.2) is 0 Å². The monoisotopic (exact) mass is 282 g/mol. The normalized spacial score (nSPS) is 30.4. The van der Waals surface area contributed by atoms with E-state index in [0.717, 1.165) is 0 Å². The van der Waals surface area contributed by atoms with Crippen LogP contribution in [0.5, 0.6) is 0 Å². The summed E-state index contributed by atoms with van der Waals surface area (Å²) in [6, 6.07) is -0.430. The Morgan fingerprint density at radius 2 is 1.95 bits per heavy atom. The Morgan fingerprint density at radius 3 is 2.50 bits per heavy atom. The van der Waals surface area contributed by atoms with E-state index >= 15 is 0 Å². The second kappa shape index (κ2) is 5.81. The van der Waals surface area contributed by atoms with E-state index in [2.05, 4.69) is 5.32 Å². The van der Waals surface area contributed by atoms with E-state index < -0.39 is 17.9 Å². The quantitative estimate of drug-likeness (QED) is 0.788. The van der Waals surface area contributed by atoms with E-state index in [1.54, 1.807) is 4.90 Å². The Morgan fingerprint density at radius 1 is 1.30 bits per heavy atom. The van der Waals surface area contributed by atoms with Gasteiger partial charge in [-0.3, -0.25) is 14.4 Å². The molecule has 112 valence electrons. The van der Waals surface area contributed by atoms with Crippen LogP contribution in [0.4, 0.5) is 0 Å². The van der Waals surface area contributed by atoms with Crippen molar-refractivity contribution in [1.29, 1.82) is 0 Å². The summed E-state index contributed by atoms with van der Waals surface area (Å²) in [6.07, 6.45) is 1.56. The van der Waals surface area contributed by atoms with Crippen LogP contribution in [0.3, 0.4) is 0 Å². The van der Waals surface area contributed by atoms with E-state index in [4.69, 9.17) is 5.11 Å². The summed E-state index contributed by atoms with van der Waals surface area (Å²) in [5.41, 5.74) is 0. The third-order valence-electron chi connectivity index (χ3n) is 4.30. The molecule has 0 spiro atoms. The van der Waals surface area contributed by atoms with E-state index in [9.17, 15) is 14.4 Å². The van der Waals surface area contributed by atoms with Crippen molar-refractivity contribution < 1.29 is 19.5 Å². The summed E-state index contributed by atoms with van der Waals surface area (Å²) in [4.78, 5) is 37.2. The molecule has 0 aromatic carbocycles. The Bertz CT molecular complexity index is 421. The Balaban J connectivity index is 2.07. The fraction of sp³-hybridized carbons (Fsp3) is 0.786. The number of carbonyl (C=O) groups is 3. The number of piperazine rings is 1. The van der Waals surface area contributed by atoms with Gasteiger partial charge in [-0.2, -0.15) is 0 Å². The predicted molar refractivity (Wildman–Crippen MR) is 71.8 cm³/mol. The first-order chi connectivity index (χ1) is 9.41. The Kier molecular flexibility index (Phi) is 4.30. The molecule has 6 heteroatoms. The van der Waals surface area contributed by atoms with Crippen LogP contribution in [0.2, 0.25) is 0 Å². The number of rotatable bonds is 3. The average Bonchev–Trinajstić information content (AvgIpc) is 2.86. The van der Waals surface area contributed by atoms with Gasteiger partial charge in [-0.15, -0.1) is 0 Å². The van der Waals surface area contributed by atoms with E-state index in [-0.39, 0.29) is 23.7 Å². The minimum atomic E-state index is -0.822. The van der Waals surface area contributed by atoms with E-state index in [1.807, 2.05) is 13.8 Å². The maximum atomic E-state index is 12.6. The average molecular weight is 282 g/mol. The van der Waals surface area contributed by atoms with Crippen LogP contribution < -0.4 is 5.32 Å². The fourth-order valence-corrected chi connectivity index (χ4v) is 3.26. The van der Waals surface area contributed by atoms with Crippen molar-refractivity contribution >= 4 is 17.8 Å². The zero-order chi connectivity index (χ0) is 14.9. The van der Waals surface area contributed by atoms with Crippen LogP contribution in [0.1, 0.15) is 33.1 Å². The molecule has 0 aromatic rings. The molecule has 20 heavy (non-hydrogen) atoms. The summed E-state index contributed by atoms with van der Waals surface area (Å²) in [5, 5.41) is 11.8. The van der Waals surface area contributed by atoms with Gasteiger partial charge in [0, 0.05) is 19.0 Å². The van der Waals surface area contributed by atoms with Gasteiger partial charge in [-0.25, -0.2) is 0 Å².